The molecular formula is C18H27N3O3. The van der Waals surface area contributed by atoms with Gasteiger partial charge in [0.05, 0.1) is 13.2 Å². The topological polar surface area (TPSA) is 72.5 Å². The smallest absolute Gasteiger partial charge is 0.315 e. The zero-order valence-electron chi connectivity index (χ0n) is 14.1. The highest BCUT2D eigenvalue weighted by molar-refractivity contribution is 5.74. The first-order valence-corrected chi connectivity index (χ1v) is 9.03. The van der Waals surface area contributed by atoms with Crippen LogP contribution in [0.15, 0.2) is 18.3 Å². The minimum atomic E-state index is -0.0920. The van der Waals surface area contributed by atoms with Crippen molar-refractivity contribution in [2.75, 3.05) is 13.2 Å². The van der Waals surface area contributed by atoms with Crippen molar-refractivity contribution in [1.29, 1.82) is 0 Å². The quantitative estimate of drug-likeness (QED) is 0.869. The van der Waals surface area contributed by atoms with Crippen LogP contribution in [0.3, 0.4) is 0 Å². The third-order valence-electron chi connectivity index (χ3n) is 4.65. The summed E-state index contributed by atoms with van der Waals surface area (Å²) in [6, 6.07) is 4.03. The van der Waals surface area contributed by atoms with Crippen molar-refractivity contribution >= 4 is 6.03 Å². The highest BCUT2D eigenvalue weighted by Gasteiger charge is 2.17. The second-order valence-electron chi connectivity index (χ2n) is 6.59. The molecule has 1 saturated carbocycles. The minimum Gasteiger partial charge on any atom is -0.474 e. The Balaban J connectivity index is 1.44. The number of pyridine rings is 1. The number of nitrogens with one attached hydrogen (secondary N) is 2. The first-order valence-electron chi connectivity index (χ1n) is 9.03. The lowest BCUT2D eigenvalue weighted by Crippen LogP contribution is -2.42. The van der Waals surface area contributed by atoms with Gasteiger partial charge in [-0.05, 0) is 24.5 Å². The van der Waals surface area contributed by atoms with Crippen molar-refractivity contribution < 1.29 is 14.3 Å². The number of ether oxygens (including phenoxy) is 2. The average molecular weight is 333 g/mol. The van der Waals surface area contributed by atoms with Crippen LogP contribution in [0.4, 0.5) is 4.79 Å². The molecule has 1 aromatic rings. The summed E-state index contributed by atoms with van der Waals surface area (Å²) in [5.74, 6) is 0.619. The first-order chi connectivity index (χ1) is 11.8. The molecule has 2 fully saturated rings. The maximum Gasteiger partial charge on any atom is 0.315 e. The number of nitrogens with zero attached hydrogens (tertiary/aromatic N) is 1. The summed E-state index contributed by atoms with van der Waals surface area (Å²) in [5.41, 5.74) is 0.992. The standard InChI is InChI=1S/C18H27N3O3/c22-18(21-15-4-2-1-3-5-15)20-13-14-6-9-19-17(12-14)24-16-7-10-23-11-8-16/h6,9,12,15-16H,1-5,7-8,10-11,13H2,(H2,20,21,22). The van der Waals surface area contributed by atoms with Crippen molar-refractivity contribution in [2.45, 2.75) is 63.6 Å². The van der Waals surface area contributed by atoms with Gasteiger partial charge in [0.25, 0.3) is 0 Å². The molecule has 6 nitrogen and oxygen atoms in total. The summed E-state index contributed by atoms with van der Waals surface area (Å²) in [5, 5.41) is 5.98. The van der Waals surface area contributed by atoms with Crippen molar-refractivity contribution in [3.05, 3.63) is 23.9 Å². The predicted octanol–water partition coefficient (Wildman–Crippen LogP) is 2.77. The Morgan fingerprint density at radius 2 is 2.00 bits per heavy atom. The Morgan fingerprint density at radius 1 is 1.21 bits per heavy atom. The number of rotatable bonds is 5. The van der Waals surface area contributed by atoms with E-state index in [0.29, 0.717) is 18.5 Å². The van der Waals surface area contributed by atoms with E-state index in [-0.39, 0.29) is 12.1 Å². The molecule has 2 N–H and O–H groups in total. The normalized spacial score (nSPS) is 19.7. The molecule has 3 rings (SSSR count). The molecule has 2 heterocycles. The molecule has 0 spiro atoms. The van der Waals surface area contributed by atoms with Crippen LogP contribution in [0.1, 0.15) is 50.5 Å². The summed E-state index contributed by atoms with van der Waals surface area (Å²) >= 11 is 0. The van der Waals surface area contributed by atoms with Crippen LogP contribution < -0.4 is 15.4 Å². The fourth-order valence-corrected chi connectivity index (χ4v) is 3.26. The van der Waals surface area contributed by atoms with Crippen LogP contribution in [-0.4, -0.2) is 36.4 Å². The van der Waals surface area contributed by atoms with Gasteiger partial charge in [-0.1, -0.05) is 19.3 Å². The molecular weight excluding hydrogens is 306 g/mol. The summed E-state index contributed by atoms with van der Waals surface area (Å²) in [4.78, 5) is 16.3. The van der Waals surface area contributed by atoms with E-state index in [1.165, 1.54) is 19.3 Å². The van der Waals surface area contributed by atoms with Gasteiger partial charge in [0.2, 0.25) is 5.88 Å². The monoisotopic (exact) mass is 333 g/mol. The third kappa shape index (κ3) is 5.37. The lowest BCUT2D eigenvalue weighted by Gasteiger charge is -2.23. The van der Waals surface area contributed by atoms with Gasteiger partial charge < -0.3 is 20.1 Å². The van der Waals surface area contributed by atoms with Crippen molar-refractivity contribution in [3.63, 3.8) is 0 Å². The summed E-state index contributed by atoms with van der Waals surface area (Å²) in [7, 11) is 0. The Kier molecular flexibility index (Phi) is 6.29. The summed E-state index contributed by atoms with van der Waals surface area (Å²) < 4.78 is 11.2. The van der Waals surface area contributed by atoms with Crippen molar-refractivity contribution in [1.82, 2.24) is 15.6 Å². The molecule has 1 aliphatic carbocycles. The molecule has 24 heavy (non-hydrogen) atoms. The lowest BCUT2D eigenvalue weighted by atomic mass is 9.96. The van der Waals surface area contributed by atoms with Crippen LogP contribution >= 0.6 is 0 Å². The Hall–Kier alpha value is -1.82. The molecule has 0 aromatic carbocycles. The summed E-state index contributed by atoms with van der Waals surface area (Å²) in [6.07, 6.45) is 9.57. The van der Waals surface area contributed by atoms with E-state index in [1.54, 1.807) is 6.20 Å². The largest absolute Gasteiger partial charge is 0.474 e. The molecule has 0 unspecified atom stereocenters. The maximum atomic E-state index is 12.0. The van der Waals surface area contributed by atoms with Crippen LogP contribution in [0.5, 0.6) is 5.88 Å². The van der Waals surface area contributed by atoms with Gasteiger partial charge >= 0.3 is 6.03 Å². The summed E-state index contributed by atoms with van der Waals surface area (Å²) in [6.45, 7) is 1.96. The van der Waals surface area contributed by atoms with Crippen molar-refractivity contribution in [2.24, 2.45) is 0 Å². The average Bonchev–Trinajstić information content (AvgIpc) is 2.62. The first kappa shape index (κ1) is 17.0. The van der Waals surface area contributed by atoms with Crippen molar-refractivity contribution in [3.8, 4) is 5.88 Å². The molecule has 1 saturated heterocycles. The van der Waals surface area contributed by atoms with E-state index < -0.39 is 0 Å². The molecule has 1 aromatic heterocycles. The molecule has 0 atom stereocenters. The Bertz CT molecular complexity index is 526. The van der Waals surface area contributed by atoms with Gasteiger partial charge in [0.15, 0.2) is 0 Å². The third-order valence-corrected chi connectivity index (χ3v) is 4.65. The molecule has 1 aliphatic heterocycles. The second-order valence-corrected chi connectivity index (χ2v) is 6.59. The fraction of sp³-hybridized carbons (Fsp3) is 0.667. The zero-order chi connectivity index (χ0) is 16.6. The highest BCUT2D eigenvalue weighted by Crippen LogP contribution is 2.18. The maximum absolute atomic E-state index is 12.0. The van der Waals surface area contributed by atoms with E-state index >= 15 is 0 Å². The number of hydrogen-bond acceptors (Lipinski definition) is 4. The number of aromatic nitrogens is 1. The van der Waals surface area contributed by atoms with Gasteiger partial charge in [-0.25, -0.2) is 9.78 Å². The van der Waals surface area contributed by atoms with Crippen LogP contribution in [-0.2, 0) is 11.3 Å². The lowest BCUT2D eigenvalue weighted by molar-refractivity contribution is 0.0237. The van der Waals surface area contributed by atoms with E-state index in [9.17, 15) is 4.79 Å². The molecule has 0 bridgehead atoms. The van der Waals surface area contributed by atoms with Gasteiger partial charge in [0.1, 0.15) is 6.10 Å². The number of urea groups is 1. The zero-order valence-corrected chi connectivity index (χ0v) is 14.1. The van der Waals surface area contributed by atoms with E-state index in [4.69, 9.17) is 9.47 Å². The Labute approximate surface area is 143 Å². The van der Waals surface area contributed by atoms with Crippen LogP contribution in [0.25, 0.3) is 0 Å². The number of carbonyl (C=O) groups is 1. The molecule has 6 heteroatoms. The molecule has 2 amide bonds. The molecule has 0 radical (unpaired) electrons. The second kappa shape index (κ2) is 8.87. The van der Waals surface area contributed by atoms with E-state index in [2.05, 4.69) is 15.6 Å². The highest BCUT2D eigenvalue weighted by atomic mass is 16.5. The Morgan fingerprint density at radius 3 is 2.79 bits per heavy atom. The van der Waals surface area contributed by atoms with Crippen LogP contribution in [0, 0.1) is 0 Å². The van der Waals surface area contributed by atoms with Gasteiger partial charge in [-0.3, -0.25) is 0 Å². The number of hydrogen-bond donors (Lipinski definition) is 2. The fourth-order valence-electron chi connectivity index (χ4n) is 3.26. The number of amides is 2. The van der Waals surface area contributed by atoms with E-state index in [0.717, 1.165) is 44.5 Å². The predicted molar refractivity (Wildman–Crippen MR) is 91.0 cm³/mol. The SMILES string of the molecule is O=C(NCc1ccnc(OC2CCOCC2)c1)NC1CCCCC1. The molecule has 2 aliphatic rings. The number of carbonyl (C=O) groups excluding carboxylic acids is 1. The minimum absolute atomic E-state index is 0.0920. The van der Waals surface area contributed by atoms with E-state index in [1.807, 2.05) is 12.1 Å². The van der Waals surface area contributed by atoms with Gasteiger partial charge in [0, 0.05) is 37.7 Å². The van der Waals surface area contributed by atoms with Crippen LogP contribution in [0.2, 0.25) is 0 Å². The molecule has 132 valence electrons. The van der Waals surface area contributed by atoms with Gasteiger partial charge in [-0.15, -0.1) is 0 Å². The van der Waals surface area contributed by atoms with Gasteiger partial charge in [-0.2, -0.15) is 0 Å².